The van der Waals surface area contributed by atoms with E-state index < -0.39 is 0 Å². The first kappa shape index (κ1) is 23.2. The molecule has 0 aliphatic carbocycles. The molecule has 6 aromatic rings. The summed E-state index contributed by atoms with van der Waals surface area (Å²) in [4.78, 5) is 0. The molecule has 0 radical (unpaired) electrons. The minimum absolute atomic E-state index is 1.16. The summed E-state index contributed by atoms with van der Waals surface area (Å²) in [5, 5.41) is 10.9. The number of aromatic nitrogens is 2. The van der Waals surface area contributed by atoms with Crippen LogP contribution in [0.2, 0.25) is 0 Å². The Bertz CT molecular complexity index is 1600. The smallest absolute Gasteiger partial charge is 0.0559 e. The minimum atomic E-state index is 1.16. The number of hydrogen-bond acceptors (Lipinski definition) is 0. The van der Waals surface area contributed by atoms with Crippen LogP contribution in [0.5, 0.6) is 0 Å². The number of rotatable bonds is 8. The fraction of sp³-hybridized carbons (Fsp3) is 0.353. The molecule has 0 saturated carbocycles. The number of aryl methyl sites for hydroxylation is 4. The summed E-state index contributed by atoms with van der Waals surface area (Å²) >= 11 is 0. The summed E-state index contributed by atoms with van der Waals surface area (Å²) < 4.78 is 4.88. The zero-order valence-electron chi connectivity index (χ0n) is 22.3. The highest BCUT2D eigenvalue weighted by molar-refractivity contribution is 6.24. The first-order valence-corrected chi connectivity index (χ1v) is 14.0. The molecular formula is C34H38N2. The Hall–Kier alpha value is -3.26. The second kappa shape index (κ2) is 9.32. The molecule has 0 fully saturated rings. The Kier molecular flexibility index (Phi) is 5.99. The Morgan fingerprint density at radius 1 is 0.472 bits per heavy atom. The molecule has 4 aromatic carbocycles. The molecule has 2 heterocycles. The lowest BCUT2D eigenvalue weighted by molar-refractivity contribution is 0.690. The van der Waals surface area contributed by atoms with Gasteiger partial charge in [0, 0.05) is 47.0 Å². The van der Waals surface area contributed by atoms with E-state index in [0.717, 1.165) is 12.8 Å². The lowest BCUT2D eigenvalue weighted by Crippen LogP contribution is -1.97. The van der Waals surface area contributed by atoms with Crippen molar-refractivity contribution in [3.63, 3.8) is 0 Å². The zero-order chi connectivity index (χ0) is 24.8. The summed E-state index contributed by atoms with van der Waals surface area (Å²) in [7, 11) is 4.50. The van der Waals surface area contributed by atoms with E-state index in [2.05, 4.69) is 97.7 Å². The van der Waals surface area contributed by atoms with Crippen LogP contribution in [0.4, 0.5) is 0 Å². The monoisotopic (exact) mass is 474 g/mol. The SMILES string of the molecule is CCCCCc1cc2ccc3c4ccc5c(ccc6cc(CCCCC)n(C)c65)c4ccc3c2n1C. The van der Waals surface area contributed by atoms with Crippen LogP contribution in [0.3, 0.4) is 0 Å². The zero-order valence-corrected chi connectivity index (χ0v) is 22.3. The van der Waals surface area contributed by atoms with Crippen LogP contribution in [0.1, 0.15) is 63.8 Å². The molecule has 0 unspecified atom stereocenters. The molecule has 0 saturated heterocycles. The molecule has 0 amide bonds. The molecule has 6 rings (SSSR count). The van der Waals surface area contributed by atoms with E-state index in [0.29, 0.717) is 0 Å². The lowest BCUT2D eigenvalue weighted by atomic mass is 9.95. The van der Waals surface area contributed by atoms with Crippen LogP contribution in [0, 0.1) is 0 Å². The molecule has 0 atom stereocenters. The second-order valence-corrected chi connectivity index (χ2v) is 10.7. The molecule has 184 valence electrons. The highest BCUT2D eigenvalue weighted by Gasteiger charge is 2.14. The standard InChI is InChI=1S/C34H38N2/c1-5-7-9-11-25-21-23-13-15-29-27-18-20-32-30(28(27)17-19-31(29)33(23)35(25)3)16-14-24-22-26(12-10-8-6-2)36(4)34(24)32/h13-22H,5-12H2,1-4H3. The van der Waals surface area contributed by atoms with Crippen molar-refractivity contribution >= 4 is 54.1 Å². The third-order valence-corrected chi connectivity index (χ3v) is 8.45. The van der Waals surface area contributed by atoms with Gasteiger partial charge >= 0.3 is 0 Å². The van der Waals surface area contributed by atoms with Gasteiger partial charge < -0.3 is 9.13 Å². The Labute approximate surface area is 214 Å². The lowest BCUT2D eigenvalue weighted by Gasteiger charge is -2.12. The quantitative estimate of drug-likeness (QED) is 0.153. The highest BCUT2D eigenvalue weighted by Crippen LogP contribution is 2.38. The molecule has 0 aliphatic heterocycles. The van der Waals surface area contributed by atoms with Crippen LogP contribution >= 0.6 is 0 Å². The first-order valence-electron chi connectivity index (χ1n) is 14.0. The molecule has 2 aromatic heterocycles. The normalized spacial score (nSPS) is 12.2. The van der Waals surface area contributed by atoms with Gasteiger partial charge in [0.2, 0.25) is 0 Å². The second-order valence-electron chi connectivity index (χ2n) is 10.7. The third-order valence-electron chi connectivity index (χ3n) is 8.45. The third kappa shape index (κ3) is 3.61. The minimum Gasteiger partial charge on any atom is -0.347 e. The van der Waals surface area contributed by atoms with Gasteiger partial charge in [0.05, 0.1) is 11.0 Å². The molecular weight excluding hydrogens is 436 g/mol. The van der Waals surface area contributed by atoms with Crippen LogP contribution in [0.15, 0.2) is 60.7 Å². The molecule has 36 heavy (non-hydrogen) atoms. The number of nitrogens with zero attached hydrogens (tertiary/aromatic N) is 2. The Balaban J connectivity index is 1.52. The summed E-state index contributed by atoms with van der Waals surface area (Å²) in [5.74, 6) is 0. The average Bonchev–Trinajstić information content (AvgIpc) is 3.40. The molecule has 0 spiro atoms. The van der Waals surface area contributed by atoms with E-state index in [-0.39, 0.29) is 0 Å². The van der Waals surface area contributed by atoms with E-state index >= 15 is 0 Å². The predicted molar refractivity (Wildman–Crippen MR) is 158 cm³/mol. The van der Waals surface area contributed by atoms with Gasteiger partial charge in [-0.05, 0) is 59.4 Å². The fourth-order valence-electron chi connectivity index (χ4n) is 6.45. The highest BCUT2D eigenvalue weighted by atomic mass is 14.9. The van der Waals surface area contributed by atoms with Crippen LogP contribution in [-0.2, 0) is 26.9 Å². The van der Waals surface area contributed by atoms with E-state index in [9.17, 15) is 0 Å². The van der Waals surface area contributed by atoms with Crippen LogP contribution < -0.4 is 0 Å². The largest absolute Gasteiger partial charge is 0.347 e. The van der Waals surface area contributed by atoms with Crippen molar-refractivity contribution in [2.24, 2.45) is 14.1 Å². The van der Waals surface area contributed by atoms with Gasteiger partial charge in [-0.1, -0.05) is 88.1 Å². The van der Waals surface area contributed by atoms with E-state index in [1.54, 1.807) is 0 Å². The molecule has 0 N–H and O–H groups in total. The van der Waals surface area contributed by atoms with E-state index in [4.69, 9.17) is 0 Å². The maximum atomic E-state index is 2.44. The van der Waals surface area contributed by atoms with Gasteiger partial charge in [-0.15, -0.1) is 0 Å². The van der Waals surface area contributed by atoms with Gasteiger partial charge in [0.25, 0.3) is 0 Å². The van der Waals surface area contributed by atoms with Crippen molar-refractivity contribution < 1.29 is 0 Å². The van der Waals surface area contributed by atoms with Crippen molar-refractivity contribution in [3.8, 4) is 0 Å². The molecule has 0 bridgehead atoms. The molecule has 0 aliphatic rings. The fourth-order valence-corrected chi connectivity index (χ4v) is 6.45. The number of unbranched alkanes of at least 4 members (excludes halogenated alkanes) is 4. The molecule has 2 heteroatoms. The maximum absolute atomic E-state index is 2.44. The van der Waals surface area contributed by atoms with Crippen LogP contribution in [-0.4, -0.2) is 9.13 Å². The van der Waals surface area contributed by atoms with Gasteiger partial charge in [-0.2, -0.15) is 0 Å². The van der Waals surface area contributed by atoms with Gasteiger partial charge in [0.1, 0.15) is 0 Å². The van der Waals surface area contributed by atoms with Crippen molar-refractivity contribution in [2.45, 2.75) is 65.2 Å². The topological polar surface area (TPSA) is 9.86 Å². The number of fused-ring (bicyclic) bond motifs is 9. The summed E-state index contributed by atoms with van der Waals surface area (Å²) in [6.07, 6.45) is 9.98. The van der Waals surface area contributed by atoms with E-state index in [1.807, 2.05) is 0 Å². The van der Waals surface area contributed by atoms with Gasteiger partial charge in [-0.3, -0.25) is 0 Å². The van der Waals surface area contributed by atoms with Crippen molar-refractivity contribution in [2.75, 3.05) is 0 Å². The van der Waals surface area contributed by atoms with Gasteiger partial charge in [-0.25, -0.2) is 0 Å². The Morgan fingerprint density at radius 3 is 1.25 bits per heavy atom. The predicted octanol–water partition coefficient (Wildman–Crippen LogP) is 9.59. The summed E-state index contributed by atoms with van der Waals surface area (Å²) in [5.41, 5.74) is 5.64. The number of hydrogen-bond donors (Lipinski definition) is 0. The first-order chi connectivity index (χ1) is 17.6. The average molecular weight is 475 g/mol. The molecule has 2 nitrogen and oxygen atoms in total. The van der Waals surface area contributed by atoms with Crippen molar-refractivity contribution in [1.82, 2.24) is 9.13 Å². The van der Waals surface area contributed by atoms with E-state index in [1.165, 1.54) is 104 Å². The van der Waals surface area contributed by atoms with Crippen molar-refractivity contribution in [3.05, 3.63) is 72.1 Å². The Morgan fingerprint density at radius 2 is 0.833 bits per heavy atom. The summed E-state index contributed by atoms with van der Waals surface area (Å²) in [6.45, 7) is 4.55. The maximum Gasteiger partial charge on any atom is 0.0559 e. The van der Waals surface area contributed by atoms with Crippen molar-refractivity contribution in [1.29, 1.82) is 0 Å². The van der Waals surface area contributed by atoms with Gasteiger partial charge in [0.15, 0.2) is 0 Å². The number of benzene rings is 4. The summed E-state index contributed by atoms with van der Waals surface area (Å²) in [6, 6.07) is 23.6. The van der Waals surface area contributed by atoms with Crippen LogP contribution in [0.25, 0.3) is 54.1 Å².